The van der Waals surface area contributed by atoms with Crippen molar-refractivity contribution in [1.29, 1.82) is 0 Å². The van der Waals surface area contributed by atoms with Gasteiger partial charge in [0.1, 0.15) is 12.4 Å². The number of nitrogens with one attached hydrogen (secondary N) is 1. The summed E-state index contributed by atoms with van der Waals surface area (Å²) >= 11 is 1.26. The Morgan fingerprint density at radius 3 is 2.33 bits per heavy atom. The van der Waals surface area contributed by atoms with E-state index in [4.69, 9.17) is 0 Å². The molecular formula is C27H25F5N6O3S2. The lowest BCUT2D eigenvalue weighted by molar-refractivity contribution is -0.137. The normalized spacial score (nSPS) is 16.9. The lowest BCUT2D eigenvalue weighted by Crippen LogP contribution is -2.60. The van der Waals surface area contributed by atoms with Crippen molar-refractivity contribution in [3.05, 3.63) is 77.7 Å². The van der Waals surface area contributed by atoms with Gasteiger partial charge in [-0.05, 0) is 29.8 Å². The van der Waals surface area contributed by atoms with Crippen molar-refractivity contribution in [3.63, 3.8) is 0 Å². The van der Waals surface area contributed by atoms with E-state index in [1.54, 1.807) is 11.1 Å². The number of rotatable bonds is 8. The molecule has 5 rings (SSSR count). The minimum atomic E-state index is -4.65. The predicted molar refractivity (Wildman–Crippen MR) is 149 cm³/mol. The van der Waals surface area contributed by atoms with Gasteiger partial charge in [0.25, 0.3) is 5.92 Å². The first-order chi connectivity index (χ1) is 20.3. The maximum Gasteiger partial charge on any atom is 0.416 e. The van der Waals surface area contributed by atoms with Crippen LogP contribution in [0.2, 0.25) is 0 Å². The molecule has 16 heteroatoms. The molecule has 1 N–H and O–H groups in total. The zero-order valence-corrected chi connectivity index (χ0v) is 24.2. The van der Waals surface area contributed by atoms with Crippen LogP contribution in [-0.2, 0) is 33.5 Å². The summed E-state index contributed by atoms with van der Waals surface area (Å²) in [5, 5.41) is 3.17. The van der Waals surface area contributed by atoms with Crippen LogP contribution in [0, 0.1) is 0 Å². The van der Waals surface area contributed by atoms with Crippen molar-refractivity contribution in [2.75, 3.05) is 24.5 Å². The number of carbonyl (C=O) groups excluding carboxylic acids is 1. The third-order valence-electron chi connectivity index (χ3n) is 7.04. The molecule has 4 aromatic rings. The van der Waals surface area contributed by atoms with Crippen LogP contribution in [0.3, 0.4) is 0 Å². The van der Waals surface area contributed by atoms with Crippen molar-refractivity contribution >= 4 is 42.7 Å². The average molecular weight is 641 g/mol. The van der Waals surface area contributed by atoms with Crippen LogP contribution in [0.4, 0.5) is 27.1 Å². The van der Waals surface area contributed by atoms with Crippen molar-refractivity contribution in [2.24, 2.45) is 0 Å². The molecule has 3 heterocycles. The number of aromatic nitrogens is 3. The van der Waals surface area contributed by atoms with Gasteiger partial charge in [-0.3, -0.25) is 4.79 Å². The second-order valence-corrected chi connectivity index (χ2v) is 12.7. The Bertz CT molecular complexity index is 1680. The highest BCUT2D eigenvalue weighted by atomic mass is 32.2. The first-order valence-electron chi connectivity index (χ1n) is 13.0. The van der Waals surface area contributed by atoms with E-state index >= 15 is 0 Å². The first kappa shape index (κ1) is 30.7. The Hall–Kier alpha value is -3.76. The summed E-state index contributed by atoms with van der Waals surface area (Å²) in [4.78, 5) is 27.4. The molecule has 9 nitrogen and oxygen atoms in total. The Morgan fingerprint density at radius 2 is 1.70 bits per heavy atom. The quantitative estimate of drug-likeness (QED) is 0.276. The zero-order valence-electron chi connectivity index (χ0n) is 22.6. The van der Waals surface area contributed by atoms with E-state index in [1.165, 1.54) is 48.9 Å². The largest absolute Gasteiger partial charge is 0.416 e. The molecule has 0 spiro atoms. The highest BCUT2D eigenvalue weighted by molar-refractivity contribution is 7.89. The van der Waals surface area contributed by atoms with E-state index in [0.717, 1.165) is 16.4 Å². The maximum atomic E-state index is 14.0. The Morgan fingerprint density at radius 1 is 1.02 bits per heavy atom. The number of anilines is 1. The first-order valence-corrected chi connectivity index (χ1v) is 15.3. The van der Waals surface area contributed by atoms with Crippen LogP contribution in [0.25, 0.3) is 10.3 Å². The minimum Gasteiger partial charge on any atom is -0.351 e. The number of nitrogens with zero attached hydrogens (tertiary/aromatic N) is 5. The van der Waals surface area contributed by atoms with Gasteiger partial charge in [-0.25, -0.2) is 27.2 Å². The SMILES string of the molecule is CCC(F)(F)c1ccc(CNC(=O)[C@H]2CN(c3nc4ncncc4s3)CCN2S(=O)(=O)c2ccc(C(F)(F)F)cc2)cc1. The smallest absolute Gasteiger partial charge is 0.351 e. The number of hydrogen-bond donors (Lipinski definition) is 1. The number of carbonyl (C=O) groups is 1. The van der Waals surface area contributed by atoms with Gasteiger partial charge in [-0.2, -0.15) is 22.5 Å². The number of amides is 1. The van der Waals surface area contributed by atoms with Crippen LogP contribution in [-0.4, -0.2) is 59.3 Å². The van der Waals surface area contributed by atoms with Gasteiger partial charge in [-0.1, -0.05) is 42.5 Å². The molecular weight excluding hydrogens is 615 g/mol. The second kappa shape index (κ2) is 11.7. The van der Waals surface area contributed by atoms with Crippen LogP contribution in [0.1, 0.15) is 30.0 Å². The molecule has 1 atom stereocenters. The number of sulfonamides is 1. The third kappa shape index (κ3) is 6.45. The van der Waals surface area contributed by atoms with E-state index in [0.29, 0.717) is 33.2 Å². The highest BCUT2D eigenvalue weighted by Crippen LogP contribution is 2.33. The van der Waals surface area contributed by atoms with Gasteiger partial charge in [0.2, 0.25) is 15.9 Å². The summed E-state index contributed by atoms with van der Waals surface area (Å²) in [7, 11) is -4.40. The van der Waals surface area contributed by atoms with Crippen LogP contribution in [0.15, 0.2) is 66.0 Å². The topological polar surface area (TPSA) is 108 Å². The van der Waals surface area contributed by atoms with Crippen molar-refractivity contribution < 1.29 is 35.2 Å². The van der Waals surface area contributed by atoms with Crippen molar-refractivity contribution in [2.45, 2.75) is 42.9 Å². The molecule has 2 aromatic carbocycles. The van der Waals surface area contributed by atoms with Crippen LogP contribution < -0.4 is 10.2 Å². The number of fused-ring (bicyclic) bond motifs is 1. The molecule has 1 aliphatic heterocycles. The Kier molecular flexibility index (Phi) is 8.37. The van der Waals surface area contributed by atoms with E-state index in [-0.39, 0.29) is 38.2 Å². The van der Waals surface area contributed by atoms with E-state index in [1.807, 2.05) is 0 Å². The summed E-state index contributed by atoms with van der Waals surface area (Å²) < 4.78 is 96.1. The van der Waals surface area contributed by atoms with Gasteiger partial charge in [-0.15, -0.1) is 0 Å². The van der Waals surface area contributed by atoms with E-state index in [2.05, 4.69) is 20.3 Å². The fraction of sp³-hybridized carbons (Fsp3) is 0.333. The van der Waals surface area contributed by atoms with E-state index < -0.39 is 44.5 Å². The monoisotopic (exact) mass is 640 g/mol. The molecule has 228 valence electrons. The van der Waals surface area contributed by atoms with Gasteiger partial charge in [0.05, 0.1) is 15.2 Å². The molecule has 0 bridgehead atoms. The number of benzene rings is 2. The lowest BCUT2D eigenvalue weighted by atomic mass is 10.0. The predicted octanol–water partition coefficient (Wildman–Crippen LogP) is 4.80. The highest BCUT2D eigenvalue weighted by Gasteiger charge is 2.41. The fourth-order valence-corrected chi connectivity index (χ4v) is 7.08. The van der Waals surface area contributed by atoms with Crippen molar-refractivity contribution in [1.82, 2.24) is 24.6 Å². The molecule has 2 aromatic heterocycles. The standard InChI is InChI=1S/C27H25F5N6O3S2/c1-2-26(28,29)18-5-3-17(4-6-18)13-34-24(39)21-15-37(25-36-23-22(42-25)14-33-16-35-23)11-12-38(21)43(40,41)20-9-7-19(8-10-20)27(30,31)32/h3-10,14,16,21H,2,11-13,15H2,1H3,(H,34,39)/t21-/m1/s1. The van der Waals surface area contributed by atoms with Gasteiger partial charge in [0.15, 0.2) is 10.8 Å². The summed E-state index contributed by atoms with van der Waals surface area (Å²) in [6, 6.07) is 7.21. The Balaban J connectivity index is 1.40. The van der Waals surface area contributed by atoms with Gasteiger partial charge in [0, 0.05) is 44.4 Å². The molecule has 0 radical (unpaired) electrons. The van der Waals surface area contributed by atoms with Gasteiger partial charge < -0.3 is 10.2 Å². The number of alkyl halides is 5. The molecule has 0 saturated carbocycles. The third-order valence-corrected chi connectivity index (χ3v) is 10.0. The number of thiazole rings is 1. The molecule has 1 saturated heterocycles. The van der Waals surface area contributed by atoms with Crippen molar-refractivity contribution in [3.8, 4) is 0 Å². The molecule has 1 fully saturated rings. The number of piperazine rings is 1. The second-order valence-electron chi connectivity index (χ2n) is 9.78. The molecule has 43 heavy (non-hydrogen) atoms. The Labute approximate surface area is 247 Å². The molecule has 0 unspecified atom stereocenters. The molecule has 1 aliphatic rings. The molecule has 0 aliphatic carbocycles. The van der Waals surface area contributed by atoms with E-state index in [9.17, 15) is 35.2 Å². The summed E-state index contributed by atoms with van der Waals surface area (Å²) in [5.74, 6) is -3.67. The van der Waals surface area contributed by atoms with Crippen LogP contribution >= 0.6 is 11.3 Å². The van der Waals surface area contributed by atoms with Crippen LogP contribution in [0.5, 0.6) is 0 Å². The molecule has 1 amide bonds. The zero-order chi connectivity index (χ0) is 31.0. The summed E-state index contributed by atoms with van der Waals surface area (Å²) in [6.45, 7) is 1.17. The minimum absolute atomic E-state index is 0.0712. The maximum absolute atomic E-state index is 14.0. The van der Waals surface area contributed by atoms with Gasteiger partial charge >= 0.3 is 6.18 Å². The number of halogens is 5. The lowest BCUT2D eigenvalue weighted by Gasteiger charge is -2.39. The number of hydrogen-bond acceptors (Lipinski definition) is 8. The summed E-state index contributed by atoms with van der Waals surface area (Å²) in [6.07, 6.45) is -2.10. The summed E-state index contributed by atoms with van der Waals surface area (Å²) in [5.41, 5.74) is -0.221. The fourth-order valence-electron chi connectivity index (χ4n) is 4.58. The average Bonchev–Trinajstić information content (AvgIpc) is 3.44.